The minimum absolute atomic E-state index is 0.100. The smallest absolute Gasteiger partial charge is 0.227 e. The van der Waals surface area contributed by atoms with E-state index in [0.29, 0.717) is 22.5 Å². The quantitative estimate of drug-likeness (QED) is 0.797. The van der Waals surface area contributed by atoms with Crippen molar-refractivity contribution < 1.29 is 4.79 Å². The van der Waals surface area contributed by atoms with E-state index >= 15 is 0 Å². The molecular formula is C19H27Cl2N3O. The lowest BCUT2D eigenvalue weighted by atomic mass is 9.95. The number of hydrogen-bond donors (Lipinski definition) is 0. The third-order valence-corrected chi connectivity index (χ3v) is 6.14. The number of carbonyl (C=O) groups excluding carboxylic acids is 1. The number of benzene rings is 1. The SMILES string of the molecule is CCN1CCN(C(=O)C2CCCN(Cc3c(Cl)cccc3Cl)C2)CC1. The molecule has 2 aliphatic heterocycles. The summed E-state index contributed by atoms with van der Waals surface area (Å²) in [5, 5.41) is 1.41. The van der Waals surface area contributed by atoms with Crippen LogP contribution in [0.3, 0.4) is 0 Å². The molecule has 2 aliphatic rings. The lowest BCUT2D eigenvalue weighted by molar-refractivity contribution is -0.139. The predicted octanol–water partition coefficient (Wildman–Crippen LogP) is 3.37. The molecular weight excluding hydrogens is 357 g/mol. The fraction of sp³-hybridized carbons (Fsp3) is 0.632. The zero-order chi connectivity index (χ0) is 17.8. The van der Waals surface area contributed by atoms with Gasteiger partial charge in [-0.25, -0.2) is 0 Å². The van der Waals surface area contributed by atoms with E-state index in [4.69, 9.17) is 23.2 Å². The fourth-order valence-corrected chi connectivity index (χ4v) is 4.37. The maximum absolute atomic E-state index is 12.9. The molecule has 2 saturated heterocycles. The molecule has 1 amide bonds. The molecule has 138 valence electrons. The van der Waals surface area contributed by atoms with Crippen molar-refractivity contribution in [2.24, 2.45) is 5.92 Å². The number of halogens is 2. The van der Waals surface area contributed by atoms with Crippen LogP contribution in [0.1, 0.15) is 25.3 Å². The molecule has 1 atom stereocenters. The molecule has 0 saturated carbocycles. The third-order valence-electron chi connectivity index (χ3n) is 5.43. The molecule has 1 unspecified atom stereocenters. The largest absolute Gasteiger partial charge is 0.340 e. The van der Waals surface area contributed by atoms with Gasteiger partial charge in [-0.15, -0.1) is 0 Å². The standard InChI is InChI=1S/C19H27Cl2N3O/c1-2-22-9-11-24(12-10-22)19(25)15-5-4-8-23(13-15)14-16-17(20)6-3-7-18(16)21/h3,6-7,15H,2,4-5,8-14H2,1H3. The van der Waals surface area contributed by atoms with Gasteiger partial charge in [0.05, 0.1) is 5.92 Å². The maximum atomic E-state index is 12.9. The Kier molecular flexibility index (Phi) is 6.61. The van der Waals surface area contributed by atoms with Crippen LogP contribution in [-0.4, -0.2) is 66.4 Å². The first-order chi connectivity index (χ1) is 12.1. The van der Waals surface area contributed by atoms with Gasteiger partial charge in [0.25, 0.3) is 0 Å². The van der Waals surface area contributed by atoms with E-state index in [1.165, 1.54) is 0 Å². The van der Waals surface area contributed by atoms with Crippen molar-refractivity contribution in [2.75, 3.05) is 45.8 Å². The highest BCUT2D eigenvalue weighted by atomic mass is 35.5. The summed E-state index contributed by atoms with van der Waals surface area (Å²) in [5.74, 6) is 0.425. The minimum Gasteiger partial charge on any atom is -0.340 e. The Balaban J connectivity index is 1.58. The van der Waals surface area contributed by atoms with E-state index in [2.05, 4.69) is 21.6 Å². The summed E-state index contributed by atoms with van der Waals surface area (Å²) in [4.78, 5) is 19.7. The van der Waals surface area contributed by atoms with Crippen LogP contribution in [0.5, 0.6) is 0 Å². The minimum atomic E-state index is 0.100. The third kappa shape index (κ3) is 4.68. The molecule has 0 aliphatic carbocycles. The van der Waals surface area contributed by atoms with Gasteiger partial charge in [0, 0.05) is 54.9 Å². The molecule has 4 nitrogen and oxygen atoms in total. The molecule has 2 fully saturated rings. The zero-order valence-electron chi connectivity index (χ0n) is 14.9. The Morgan fingerprint density at radius 2 is 1.76 bits per heavy atom. The van der Waals surface area contributed by atoms with Gasteiger partial charge in [0.15, 0.2) is 0 Å². The van der Waals surface area contributed by atoms with E-state index in [9.17, 15) is 4.79 Å². The van der Waals surface area contributed by atoms with Crippen molar-refractivity contribution in [1.82, 2.24) is 14.7 Å². The van der Waals surface area contributed by atoms with Gasteiger partial charge in [-0.2, -0.15) is 0 Å². The highest BCUT2D eigenvalue weighted by Gasteiger charge is 2.31. The second-order valence-electron chi connectivity index (χ2n) is 7.03. The monoisotopic (exact) mass is 383 g/mol. The van der Waals surface area contributed by atoms with Crippen molar-refractivity contribution in [3.05, 3.63) is 33.8 Å². The molecule has 0 spiro atoms. The van der Waals surface area contributed by atoms with Crippen LogP contribution in [0.15, 0.2) is 18.2 Å². The van der Waals surface area contributed by atoms with Crippen LogP contribution in [0, 0.1) is 5.92 Å². The van der Waals surface area contributed by atoms with Crippen LogP contribution >= 0.6 is 23.2 Å². The highest BCUT2D eigenvalue weighted by molar-refractivity contribution is 6.35. The van der Waals surface area contributed by atoms with Crippen LogP contribution in [-0.2, 0) is 11.3 Å². The second kappa shape index (κ2) is 8.72. The van der Waals surface area contributed by atoms with Crippen molar-refractivity contribution in [2.45, 2.75) is 26.3 Å². The number of rotatable bonds is 4. The number of piperazine rings is 1. The number of piperidine rings is 1. The Morgan fingerprint density at radius 1 is 1.08 bits per heavy atom. The van der Waals surface area contributed by atoms with Crippen LogP contribution < -0.4 is 0 Å². The summed E-state index contributed by atoms with van der Waals surface area (Å²) in [5.41, 5.74) is 0.968. The van der Waals surface area contributed by atoms with Gasteiger partial charge in [0.1, 0.15) is 0 Å². The molecule has 0 bridgehead atoms. The second-order valence-corrected chi connectivity index (χ2v) is 7.85. The Labute approximate surface area is 160 Å². The molecule has 2 heterocycles. The van der Waals surface area contributed by atoms with Crippen molar-refractivity contribution in [1.29, 1.82) is 0 Å². The first kappa shape index (κ1) is 19.0. The molecule has 0 N–H and O–H groups in total. The Morgan fingerprint density at radius 3 is 2.40 bits per heavy atom. The van der Waals surface area contributed by atoms with Gasteiger partial charge in [-0.1, -0.05) is 36.2 Å². The summed E-state index contributed by atoms with van der Waals surface area (Å²) in [6.45, 7) is 9.46. The number of hydrogen-bond acceptors (Lipinski definition) is 3. The number of likely N-dealkylation sites (N-methyl/N-ethyl adjacent to an activating group) is 1. The average molecular weight is 384 g/mol. The molecule has 25 heavy (non-hydrogen) atoms. The van der Waals surface area contributed by atoms with Crippen LogP contribution in [0.4, 0.5) is 0 Å². The van der Waals surface area contributed by atoms with Gasteiger partial charge in [-0.05, 0) is 38.1 Å². The molecule has 6 heteroatoms. The van der Waals surface area contributed by atoms with Crippen molar-refractivity contribution >= 4 is 29.1 Å². The van der Waals surface area contributed by atoms with Crippen LogP contribution in [0.2, 0.25) is 10.0 Å². The Hall–Kier alpha value is -0.810. The summed E-state index contributed by atoms with van der Waals surface area (Å²) < 4.78 is 0. The van der Waals surface area contributed by atoms with E-state index < -0.39 is 0 Å². The number of carbonyl (C=O) groups is 1. The molecule has 0 radical (unpaired) electrons. The van der Waals surface area contributed by atoms with Gasteiger partial charge in [-0.3, -0.25) is 9.69 Å². The van der Waals surface area contributed by atoms with E-state index in [0.717, 1.165) is 64.2 Å². The normalized spacial score (nSPS) is 23.0. The predicted molar refractivity (Wildman–Crippen MR) is 103 cm³/mol. The molecule has 3 rings (SSSR count). The van der Waals surface area contributed by atoms with Gasteiger partial charge >= 0.3 is 0 Å². The van der Waals surface area contributed by atoms with Gasteiger partial charge in [0.2, 0.25) is 5.91 Å². The Bertz CT molecular complexity index is 582. The lowest BCUT2D eigenvalue weighted by Crippen LogP contribution is -2.52. The topological polar surface area (TPSA) is 26.8 Å². The van der Waals surface area contributed by atoms with Gasteiger partial charge < -0.3 is 9.80 Å². The fourth-order valence-electron chi connectivity index (χ4n) is 3.85. The lowest BCUT2D eigenvalue weighted by Gasteiger charge is -2.38. The highest BCUT2D eigenvalue weighted by Crippen LogP contribution is 2.28. The maximum Gasteiger partial charge on any atom is 0.227 e. The first-order valence-electron chi connectivity index (χ1n) is 9.25. The molecule has 1 aromatic rings. The van der Waals surface area contributed by atoms with Crippen LogP contribution in [0.25, 0.3) is 0 Å². The number of likely N-dealkylation sites (tertiary alicyclic amines) is 1. The zero-order valence-corrected chi connectivity index (χ0v) is 16.4. The van der Waals surface area contributed by atoms with E-state index in [1.54, 1.807) is 0 Å². The van der Waals surface area contributed by atoms with Crippen molar-refractivity contribution in [3.63, 3.8) is 0 Å². The summed E-state index contributed by atoms with van der Waals surface area (Å²) >= 11 is 12.6. The summed E-state index contributed by atoms with van der Waals surface area (Å²) in [7, 11) is 0. The van der Waals surface area contributed by atoms with E-state index in [1.807, 2.05) is 18.2 Å². The van der Waals surface area contributed by atoms with Crippen molar-refractivity contribution in [3.8, 4) is 0 Å². The number of amides is 1. The molecule has 1 aromatic carbocycles. The summed E-state index contributed by atoms with van der Waals surface area (Å²) in [6.07, 6.45) is 2.03. The number of nitrogens with zero attached hydrogens (tertiary/aromatic N) is 3. The average Bonchev–Trinajstić information content (AvgIpc) is 2.64. The van der Waals surface area contributed by atoms with E-state index in [-0.39, 0.29) is 5.92 Å². The molecule has 0 aromatic heterocycles. The summed E-state index contributed by atoms with van der Waals surface area (Å²) in [6, 6.07) is 5.62. The first-order valence-corrected chi connectivity index (χ1v) is 10.0.